The summed E-state index contributed by atoms with van der Waals surface area (Å²) in [6, 6.07) is 10.8. The highest BCUT2D eigenvalue weighted by Crippen LogP contribution is 2.13. The van der Waals surface area contributed by atoms with Crippen LogP contribution >= 0.6 is 0 Å². The lowest BCUT2D eigenvalue weighted by molar-refractivity contribution is -0.128. The molecular formula is C21H31N3O2. The fourth-order valence-corrected chi connectivity index (χ4v) is 3.98. The molecule has 2 fully saturated rings. The fourth-order valence-electron chi connectivity index (χ4n) is 3.98. The van der Waals surface area contributed by atoms with Crippen molar-refractivity contribution in [1.29, 1.82) is 0 Å². The molecule has 26 heavy (non-hydrogen) atoms. The molecule has 2 aliphatic rings. The first kappa shape index (κ1) is 18.9. The van der Waals surface area contributed by atoms with E-state index >= 15 is 0 Å². The predicted octanol–water partition coefficient (Wildman–Crippen LogP) is 2.21. The van der Waals surface area contributed by atoms with E-state index in [2.05, 4.69) is 40.5 Å². The zero-order valence-electron chi connectivity index (χ0n) is 15.7. The lowest BCUT2D eigenvalue weighted by Gasteiger charge is -2.33. The van der Waals surface area contributed by atoms with Crippen molar-refractivity contribution in [2.45, 2.75) is 51.0 Å². The third-order valence-corrected chi connectivity index (χ3v) is 5.43. The molecule has 0 aromatic heterocycles. The van der Waals surface area contributed by atoms with Crippen LogP contribution in [0.1, 0.15) is 44.1 Å². The van der Waals surface area contributed by atoms with Crippen LogP contribution in [-0.2, 0) is 16.0 Å². The quantitative estimate of drug-likeness (QED) is 0.776. The second-order valence-corrected chi connectivity index (χ2v) is 7.53. The van der Waals surface area contributed by atoms with Crippen LogP contribution in [0.4, 0.5) is 0 Å². The van der Waals surface area contributed by atoms with E-state index in [4.69, 9.17) is 0 Å². The third kappa shape index (κ3) is 5.84. The van der Waals surface area contributed by atoms with Gasteiger partial charge in [-0.1, -0.05) is 30.3 Å². The number of benzene rings is 1. The Kier molecular flexibility index (Phi) is 7.06. The summed E-state index contributed by atoms with van der Waals surface area (Å²) in [6.45, 7) is 4.70. The number of carbonyl (C=O) groups excluding carboxylic acids is 2. The van der Waals surface area contributed by atoms with Crippen LogP contribution in [0.3, 0.4) is 0 Å². The molecule has 2 amide bonds. The molecule has 0 bridgehead atoms. The van der Waals surface area contributed by atoms with E-state index in [9.17, 15) is 9.59 Å². The average Bonchev–Trinajstić information content (AvgIpc) is 3.06. The van der Waals surface area contributed by atoms with Crippen LogP contribution in [0.25, 0.3) is 0 Å². The molecule has 0 spiro atoms. The van der Waals surface area contributed by atoms with Crippen molar-refractivity contribution >= 4 is 11.8 Å². The summed E-state index contributed by atoms with van der Waals surface area (Å²) >= 11 is 0. The molecule has 1 atom stereocenters. The molecule has 0 saturated carbocycles. The Morgan fingerprint density at radius 3 is 2.73 bits per heavy atom. The van der Waals surface area contributed by atoms with Crippen molar-refractivity contribution in [3.63, 3.8) is 0 Å². The van der Waals surface area contributed by atoms with Gasteiger partial charge in [-0.2, -0.15) is 0 Å². The Bertz CT molecular complexity index is 590. The molecule has 0 radical (unpaired) electrons. The maximum Gasteiger partial charge on any atom is 0.222 e. The predicted molar refractivity (Wildman–Crippen MR) is 103 cm³/mol. The average molecular weight is 357 g/mol. The van der Waals surface area contributed by atoms with Crippen molar-refractivity contribution < 1.29 is 9.59 Å². The molecule has 5 heteroatoms. The van der Waals surface area contributed by atoms with E-state index in [1.54, 1.807) is 0 Å². The highest BCUT2D eigenvalue weighted by atomic mass is 16.2. The zero-order chi connectivity index (χ0) is 18.2. The number of nitrogens with zero attached hydrogens (tertiary/aromatic N) is 2. The minimum absolute atomic E-state index is 0.131. The molecule has 1 aromatic carbocycles. The number of likely N-dealkylation sites (tertiary alicyclic amines) is 2. The number of hydrogen-bond donors (Lipinski definition) is 1. The monoisotopic (exact) mass is 357 g/mol. The van der Waals surface area contributed by atoms with Crippen LogP contribution in [-0.4, -0.2) is 60.4 Å². The van der Waals surface area contributed by atoms with Crippen molar-refractivity contribution in [3.8, 4) is 0 Å². The number of rotatable bonds is 8. The van der Waals surface area contributed by atoms with Crippen LogP contribution in [0.15, 0.2) is 30.3 Å². The Labute approximate surface area is 156 Å². The number of amides is 2. The van der Waals surface area contributed by atoms with Gasteiger partial charge in [-0.15, -0.1) is 0 Å². The largest absolute Gasteiger partial charge is 0.352 e. The Balaban J connectivity index is 1.33. The number of piperidine rings is 1. The van der Waals surface area contributed by atoms with E-state index in [0.717, 1.165) is 64.8 Å². The third-order valence-electron chi connectivity index (χ3n) is 5.43. The molecule has 1 N–H and O–H groups in total. The number of carbonyl (C=O) groups is 2. The molecule has 1 aromatic rings. The maximum atomic E-state index is 12.2. The van der Waals surface area contributed by atoms with Crippen molar-refractivity contribution in [3.05, 3.63) is 35.9 Å². The molecule has 3 rings (SSSR count). The van der Waals surface area contributed by atoms with Gasteiger partial charge < -0.3 is 15.1 Å². The summed E-state index contributed by atoms with van der Waals surface area (Å²) in [5, 5.41) is 3.20. The summed E-state index contributed by atoms with van der Waals surface area (Å²) in [5.74, 6) is 0.373. The van der Waals surface area contributed by atoms with Crippen LogP contribution in [0.2, 0.25) is 0 Å². The minimum Gasteiger partial charge on any atom is -0.352 e. The van der Waals surface area contributed by atoms with E-state index < -0.39 is 0 Å². The highest BCUT2D eigenvalue weighted by Gasteiger charge is 2.22. The Hall–Kier alpha value is -1.88. The number of hydrogen-bond acceptors (Lipinski definition) is 3. The summed E-state index contributed by atoms with van der Waals surface area (Å²) in [6.07, 6.45) is 6.19. The van der Waals surface area contributed by atoms with Gasteiger partial charge >= 0.3 is 0 Å². The Morgan fingerprint density at radius 2 is 1.96 bits per heavy atom. The molecule has 142 valence electrons. The second kappa shape index (κ2) is 9.72. The summed E-state index contributed by atoms with van der Waals surface area (Å²) in [5.41, 5.74) is 1.37. The first-order chi connectivity index (χ1) is 12.7. The van der Waals surface area contributed by atoms with E-state index in [-0.39, 0.29) is 17.9 Å². The molecule has 2 heterocycles. The van der Waals surface area contributed by atoms with E-state index in [1.165, 1.54) is 5.56 Å². The van der Waals surface area contributed by atoms with Crippen LogP contribution in [0.5, 0.6) is 0 Å². The van der Waals surface area contributed by atoms with Gasteiger partial charge in [0.25, 0.3) is 0 Å². The molecular weight excluding hydrogens is 326 g/mol. The van der Waals surface area contributed by atoms with Gasteiger partial charge in [-0.3, -0.25) is 9.59 Å². The van der Waals surface area contributed by atoms with Crippen molar-refractivity contribution in [1.82, 2.24) is 15.1 Å². The van der Waals surface area contributed by atoms with Crippen molar-refractivity contribution in [2.24, 2.45) is 0 Å². The van der Waals surface area contributed by atoms with Crippen LogP contribution in [0, 0.1) is 0 Å². The van der Waals surface area contributed by atoms with Gasteiger partial charge in [0.05, 0.1) is 0 Å². The number of nitrogens with one attached hydrogen (secondary N) is 1. The summed E-state index contributed by atoms with van der Waals surface area (Å²) < 4.78 is 0. The van der Waals surface area contributed by atoms with Gasteiger partial charge in [0.1, 0.15) is 0 Å². The first-order valence-corrected chi connectivity index (χ1v) is 10.0. The lowest BCUT2D eigenvalue weighted by Crippen LogP contribution is -2.48. The summed E-state index contributed by atoms with van der Waals surface area (Å²) in [7, 11) is 0. The fraction of sp³-hybridized carbons (Fsp3) is 0.619. The SMILES string of the molecule is O=C(CCCN1CCCC1=O)N[C@H]1CCCN(CCc2ccccc2)C1. The van der Waals surface area contributed by atoms with Gasteiger partial charge in [0, 0.05) is 45.1 Å². The van der Waals surface area contributed by atoms with Gasteiger partial charge in [0.15, 0.2) is 0 Å². The van der Waals surface area contributed by atoms with Crippen LogP contribution < -0.4 is 5.32 Å². The molecule has 2 aliphatic heterocycles. The molecule has 0 unspecified atom stereocenters. The summed E-state index contributed by atoms with van der Waals surface area (Å²) in [4.78, 5) is 28.2. The molecule has 2 saturated heterocycles. The van der Waals surface area contributed by atoms with Gasteiger partial charge in [-0.05, 0) is 44.2 Å². The van der Waals surface area contributed by atoms with Gasteiger partial charge in [0.2, 0.25) is 11.8 Å². The Morgan fingerprint density at radius 1 is 1.12 bits per heavy atom. The normalized spacial score (nSPS) is 21.2. The first-order valence-electron chi connectivity index (χ1n) is 10.0. The lowest BCUT2D eigenvalue weighted by atomic mass is 10.0. The topological polar surface area (TPSA) is 52.7 Å². The smallest absolute Gasteiger partial charge is 0.222 e. The standard InChI is InChI=1S/C21H31N3O2/c25-20(10-5-14-24-15-6-11-21(24)26)22-19-9-4-13-23(17-19)16-12-18-7-2-1-3-8-18/h1-3,7-8,19H,4-6,9-17H2,(H,22,25)/t19-/m0/s1. The molecule has 0 aliphatic carbocycles. The maximum absolute atomic E-state index is 12.2. The van der Waals surface area contributed by atoms with Gasteiger partial charge in [-0.25, -0.2) is 0 Å². The zero-order valence-corrected chi connectivity index (χ0v) is 15.7. The van der Waals surface area contributed by atoms with E-state index in [1.807, 2.05) is 4.90 Å². The second-order valence-electron chi connectivity index (χ2n) is 7.53. The highest BCUT2D eigenvalue weighted by molar-refractivity contribution is 5.78. The van der Waals surface area contributed by atoms with Crippen molar-refractivity contribution in [2.75, 3.05) is 32.7 Å². The molecule has 5 nitrogen and oxygen atoms in total. The minimum atomic E-state index is 0.131. The van der Waals surface area contributed by atoms with E-state index in [0.29, 0.717) is 12.8 Å².